The third kappa shape index (κ3) is 2.85. The number of fused-ring (bicyclic) bond motifs is 4. The minimum absolute atomic E-state index is 1.09. The Labute approximate surface area is 199 Å². The van der Waals surface area contributed by atoms with Crippen molar-refractivity contribution in [1.82, 2.24) is 0 Å². The van der Waals surface area contributed by atoms with Gasteiger partial charge in [-0.25, -0.2) is 0 Å². The van der Waals surface area contributed by atoms with E-state index in [-0.39, 0.29) is 0 Å². The van der Waals surface area contributed by atoms with E-state index in [4.69, 9.17) is 0 Å². The van der Waals surface area contributed by atoms with Crippen molar-refractivity contribution in [3.05, 3.63) is 126 Å². The first-order chi connectivity index (χ1) is 16.9. The summed E-state index contributed by atoms with van der Waals surface area (Å²) in [5.74, 6) is 0. The second-order valence-electron chi connectivity index (χ2n) is 9.18. The number of hydrogen-bond donors (Lipinski definition) is 0. The summed E-state index contributed by atoms with van der Waals surface area (Å²) in [6, 6.07) is 40.2. The van der Waals surface area contributed by atoms with Gasteiger partial charge in [0.05, 0.1) is 0 Å². The molecule has 1 aliphatic carbocycles. The number of benzene rings is 6. The summed E-state index contributed by atoms with van der Waals surface area (Å²) in [5.41, 5.74) is 8.20. The van der Waals surface area contributed by atoms with Gasteiger partial charge in [-0.2, -0.15) is 0 Å². The maximum absolute atomic E-state index is 2.32. The van der Waals surface area contributed by atoms with Crippen LogP contribution < -0.4 is 0 Å². The van der Waals surface area contributed by atoms with Gasteiger partial charge in [0, 0.05) is 0 Å². The molecule has 0 spiro atoms. The Balaban J connectivity index is 1.67. The van der Waals surface area contributed by atoms with E-state index in [1.165, 1.54) is 65.7 Å². The normalized spacial score (nSPS) is 12.9. The molecule has 0 atom stereocenters. The molecule has 0 aromatic heterocycles. The Hall–Kier alpha value is -4.16. The predicted molar refractivity (Wildman–Crippen MR) is 147 cm³/mol. The van der Waals surface area contributed by atoms with Crippen LogP contribution in [0.25, 0.3) is 60.6 Å². The van der Waals surface area contributed by atoms with Crippen molar-refractivity contribution in [3.63, 3.8) is 0 Å². The van der Waals surface area contributed by atoms with E-state index in [1.807, 2.05) is 0 Å². The smallest absolute Gasteiger partial charge is 0.00201 e. The summed E-state index contributed by atoms with van der Waals surface area (Å²) < 4.78 is 0. The molecule has 0 aliphatic heterocycles. The monoisotopic (exact) mass is 432 g/mol. The minimum Gasteiger partial charge on any atom is -0.0836 e. The van der Waals surface area contributed by atoms with Crippen molar-refractivity contribution in [3.8, 4) is 22.3 Å². The van der Waals surface area contributed by atoms with Gasteiger partial charge in [-0.1, -0.05) is 121 Å². The van der Waals surface area contributed by atoms with Crippen molar-refractivity contribution in [2.45, 2.75) is 12.8 Å². The van der Waals surface area contributed by atoms with Crippen LogP contribution in [0, 0.1) is 0 Å². The lowest BCUT2D eigenvalue weighted by Crippen LogP contribution is -1.99. The van der Waals surface area contributed by atoms with E-state index in [0.29, 0.717) is 0 Å². The Bertz CT molecular complexity index is 1690. The molecule has 0 heteroatoms. The highest BCUT2D eigenvalue weighted by atomic mass is 14.2. The van der Waals surface area contributed by atoms with Crippen molar-refractivity contribution in [2.75, 3.05) is 0 Å². The van der Waals surface area contributed by atoms with Crippen molar-refractivity contribution in [2.24, 2.45) is 0 Å². The van der Waals surface area contributed by atoms with E-state index in [9.17, 15) is 0 Å². The van der Waals surface area contributed by atoms with Gasteiger partial charge in [-0.15, -0.1) is 0 Å². The SMILES string of the molecule is C1=Cc2cccc(-c3c4ccccc4c(-c4cccc5ccccc45)c4ccccc34)c2CC1. The van der Waals surface area contributed by atoms with E-state index >= 15 is 0 Å². The fourth-order valence-corrected chi connectivity index (χ4v) is 5.86. The van der Waals surface area contributed by atoms with Crippen LogP contribution in [0.15, 0.2) is 115 Å². The molecule has 0 bridgehead atoms. The third-order valence-electron chi connectivity index (χ3n) is 7.33. The van der Waals surface area contributed by atoms with E-state index < -0.39 is 0 Å². The zero-order valence-electron chi connectivity index (χ0n) is 19.0. The van der Waals surface area contributed by atoms with E-state index in [1.54, 1.807) is 0 Å². The van der Waals surface area contributed by atoms with Crippen LogP contribution in [-0.2, 0) is 6.42 Å². The standard InChI is InChI=1S/C34H24/c1-3-15-25-23(11-1)13-9-21-27(25)33-29-17-5-7-19-31(29)34(32-20-8-6-18-30(32)33)28-22-10-14-24-12-2-4-16-26(24)28/h1-3,5-15,17-22H,4,16H2. The number of hydrogen-bond acceptors (Lipinski definition) is 0. The summed E-state index contributed by atoms with van der Waals surface area (Å²) in [6.45, 7) is 0. The highest BCUT2D eigenvalue weighted by Gasteiger charge is 2.20. The first kappa shape index (κ1) is 19.3. The molecule has 1 aliphatic rings. The molecule has 0 nitrogen and oxygen atoms in total. The van der Waals surface area contributed by atoms with Crippen molar-refractivity contribution >= 4 is 38.4 Å². The van der Waals surface area contributed by atoms with Gasteiger partial charge in [-0.05, 0) is 78.5 Å². The number of rotatable bonds is 2. The Morgan fingerprint density at radius 2 is 0.971 bits per heavy atom. The highest BCUT2D eigenvalue weighted by Crippen LogP contribution is 2.46. The molecule has 6 aromatic carbocycles. The fourth-order valence-electron chi connectivity index (χ4n) is 5.86. The number of allylic oxidation sites excluding steroid dienone is 1. The van der Waals surface area contributed by atoms with Gasteiger partial charge in [0.25, 0.3) is 0 Å². The molecule has 0 fully saturated rings. The second kappa shape index (κ2) is 7.71. The molecule has 0 saturated heterocycles. The second-order valence-corrected chi connectivity index (χ2v) is 9.18. The van der Waals surface area contributed by atoms with E-state index in [0.717, 1.165) is 12.8 Å². The molecular weight excluding hydrogens is 408 g/mol. The van der Waals surface area contributed by atoms with Gasteiger partial charge in [-0.3, -0.25) is 0 Å². The van der Waals surface area contributed by atoms with Crippen LogP contribution in [0.3, 0.4) is 0 Å². The average molecular weight is 433 g/mol. The van der Waals surface area contributed by atoms with Crippen LogP contribution in [-0.4, -0.2) is 0 Å². The van der Waals surface area contributed by atoms with Crippen LogP contribution in [0.2, 0.25) is 0 Å². The minimum atomic E-state index is 1.09. The molecule has 0 radical (unpaired) electrons. The maximum Gasteiger partial charge on any atom is -0.00201 e. The predicted octanol–water partition coefficient (Wildman–Crippen LogP) is 9.44. The molecule has 0 saturated carbocycles. The largest absolute Gasteiger partial charge is 0.0836 e. The maximum atomic E-state index is 2.32. The van der Waals surface area contributed by atoms with Gasteiger partial charge in [0.2, 0.25) is 0 Å². The van der Waals surface area contributed by atoms with Gasteiger partial charge < -0.3 is 0 Å². The van der Waals surface area contributed by atoms with Gasteiger partial charge in [0.1, 0.15) is 0 Å². The lowest BCUT2D eigenvalue weighted by atomic mass is 9.82. The van der Waals surface area contributed by atoms with Crippen LogP contribution in [0.4, 0.5) is 0 Å². The summed E-state index contributed by atoms with van der Waals surface area (Å²) in [7, 11) is 0. The van der Waals surface area contributed by atoms with Gasteiger partial charge in [0.15, 0.2) is 0 Å². The zero-order valence-corrected chi connectivity index (χ0v) is 19.0. The molecule has 6 aromatic rings. The first-order valence-corrected chi connectivity index (χ1v) is 12.1. The van der Waals surface area contributed by atoms with Crippen molar-refractivity contribution in [1.29, 1.82) is 0 Å². The first-order valence-electron chi connectivity index (χ1n) is 12.1. The molecule has 7 rings (SSSR count). The molecule has 0 unspecified atom stereocenters. The zero-order chi connectivity index (χ0) is 22.5. The summed E-state index contributed by atoms with van der Waals surface area (Å²) in [4.78, 5) is 0. The van der Waals surface area contributed by atoms with Crippen LogP contribution >= 0.6 is 0 Å². The molecule has 34 heavy (non-hydrogen) atoms. The molecular formula is C34H24. The fraction of sp³-hybridized carbons (Fsp3) is 0.0588. The Kier molecular flexibility index (Phi) is 4.38. The molecule has 160 valence electrons. The highest BCUT2D eigenvalue weighted by molar-refractivity contribution is 6.23. The van der Waals surface area contributed by atoms with Crippen molar-refractivity contribution < 1.29 is 0 Å². The van der Waals surface area contributed by atoms with Gasteiger partial charge >= 0.3 is 0 Å². The lowest BCUT2D eigenvalue weighted by Gasteiger charge is -2.22. The van der Waals surface area contributed by atoms with Crippen LogP contribution in [0.1, 0.15) is 17.5 Å². The Morgan fingerprint density at radius 3 is 1.68 bits per heavy atom. The molecule has 0 heterocycles. The Morgan fingerprint density at radius 1 is 0.441 bits per heavy atom. The quantitative estimate of drug-likeness (QED) is 0.239. The molecule has 0 N–H and O–H groups in total. The lowest BCUT2D eigenvalue weighted by molar-refractivity contribution is 0.988. The third-order valence-corrected chi connectivity index (χ3v) is 7.33. The summed E-state index contributed by atoms with van der Waals surface area (Å²) in [5, 5.41) is 7.86. The topological polar surface area (TPSA) is 0 Å². The van der Waals surface area contributed by atoms with E-state index in [2.05, 4.69) is 121 Å². The average Bonchev–Trinajstić information content (AvgIpc) is 2.91. The summed E-state index contributed by atoms with van der Waals surface area (Å²) >= 11 is 0. The van der Waals surface area contributed by atoms with Crippen LogP contribution in [0.5, 0.6) is 0 Å². The summed E-state index contributed by atoms with van der Waals surface area (Å²) in [6.07, 6.45) is 6.78. The molecule has 0 amide bonds.